The van der Waals surface area contributed by atoms with Gasteiger partial charge < -0.3 is 5.32 Å². The molecule has 6 heteroatoms. The number of carbonyl (C=O) groups excluding carboxylic acids is 1. The molecule has 1 fully saturated rings. The second kappa shape index (κ2) is 6.32. The van der Waals surface area contributed by atoms with Gasteiger partial charge in [-0.1, -0.05) is 42.5 Å². The minimum Gasteiger partial charge on any atom is -0.335 e. The summed E-state index contributed by atoms with van der Waals surface area (Å²) < 4.78 is 15.6. The van der Waals surface area contributed by atoms with Gasteiger partial charge in [0.1, 0.15) is 18.0 Å². The van der Waals surface area contributed by atoms with Crippen molar-refractivity contribution in [2.24, 2.45) is 0 Å². The Morgan fingerprint density at radius 3 is 2.85 bits per heavy atom. The highest BCUT2D eigenvalue weighted by Gasteiger charge is 2.44. The van der Waals surface area contributed by atoms with Crippen LogP contribution in [0.3, 0.4) is 0 Å². The molecular formula is C21H19FN4O. The Hall–Kier alpha value is -2.99. The summed E-state index contributed by atoms with van der Waals surface area (Å²) in [5.41, 5.74) is 3.83. The lowest BCUT2D eigenvalue weighted by atomic mass is 9.93. The number of aromatic nitrogens is 2. The second-order valence-electron chi connectivity index (χ2n) is 7.06. The zero-order valence-electron chi connectivity index (χ0n) is 14.7. The van der Waals surface area contributed by atoms with E-state index in [1.54, 1.807) is 23.0 Å². The molecule has 2 unspecified atom stereocenters. The summed E-state index contributed by atoms with van der Waals surface area (Å²) in [7, 11) is 0. The summed E-state index contributed by atoms with van der Waals surface area (Å²) in [5, 5.41) is 7.48. The van der Waals surface area contributed by atoms with Crippen LogP contribution in [0.2, 0.25) is 0 Å². The van der Waals surface area contributed by atoms with Gasteiger partial charge in [0, 0.05) is 23.9 Å². The minimum absolute atomic E-state index is 0.0222. The number of amides is 1. The maximum atomic E-state index is 13.9. The minimum atomic E-state index is -0.255. The van der Waals surface area contributed by atoms with Crippen LogP contribution in [-0.2, 0) is 17.8 Å². The van der Waals surface area contributed by atoms with Crippen LogP contribution >= 0.6 is 0 Å². The molecule has 0 aliphatic carbocycles. The maximum Gasteiger partial charge on any atom is 0.243 e. The first-order valence-corrected chi connectivity index (χ1v) is 9.10. The fraction of sp³-hybridized carbons (Fsp3) is 0.238. The molecule has 0 radical (unpaired) electrons. The molecule has 1 N–H and O–H groups in total. The highest BCUT2D eigenvalue weighted by molar-refractivity contribution is 5.86. The summed E-state index contributed by atoms with van der Waals surface area (Å²) in [4.78, 5) is 14.9. The van der Waals surface area contributed by atoms with Gasteiger partial charge in [-0.2, -0.15) is 5.10 Å². The van der Waals surface area contributed by atoms with Gasteiger partial charge in [-0.05, 0) is 23.6 Å². The topological polar surface area (TPSA) is 50.2 Å². The lowest BCUT2D eigenvalue weighted by molar-refractivity contribution is -0.121. The van der Waals surface area contributed by atoms with E-state index in [4.69, 9.17) is 0 Å². The number of nitrogens with zero attached hydrogens (tertiary/aromatic N) is 3. The van der Waals surface area contributed by atoms with Crippen molar-refractivity contribution in [3.05, 3.63) is 89.0 Å². The zero-order valence-corrected chi connectivity index (χ0v) is 14.7. The standard InChI is InChI=1S/C21H19FN4O/c22-18-8-4-2-6-15(18)12-25-13-16(11-23-25)20-24-21(27)19-17-7-3-1-5-14(17)9-10-26(19)20/h1-8,11,13,19-20H,9-10,12H2,(H,24,27). The van der Waals surface area contributed by atoms with Crippen LogP contribution in [0.4, 0.5) is 4.39 Å². The molecule has 1 amide bonds. The number of hydrogen-bond acceptors (Lipinski definition) is 3. The Kier molecular flexibility index (Phi) is 3.79. The highest BCUT2D eigenvalue weighted by atomic mass is 19.1. The van der Waals surface area contributed by atoms with Crippen molar-refractivity contribution in [2.75, 3.05) is 6.54 Å². The molecule has 0 spiro atoms. The van der Waals surface area contributed by atoms with Crippen LogP contribution < -0.4 is 5.32 Å². The molecule has 27 heavy (non-hydrogen) atoms. The van der Waals surface area contributed by atoms with E-state index in [1.165, 1.54) is 11.6 Å². The number of hydrogen-bond donors (Lipinski definition) is 1. The molecule has 0 bridgehead atoms. The van der Waals surface area contributed by atoms with E-state index in [1.807, 2.05) is 30.5 Å². The predicted molar refractivity (Wildman–Crippen MR) is 98.2 cm³/mol. The smallest absolute Gasteiger partial charge is 0.243 e. The molecule has 5 rings (SSSR count). The largest absolute Gasteiger partial charge is 0.335 e. The number of halogens is 1. The lowest BCUT2D eigenvalue weighted by Crippen LogP contribution is -2.34. The van der Waals surface area contributed by atoms with Crippen LogP contribution in [0.5, 0.6) is 0 Å². The Labute approximate surface area is 156 Å². The predicted octanol–water partition coefficient (Wildman–Crippen LogP) is 2.80. The molecule has 1 aromatic heterocycles. The van der Waals surface area contributed by atoms with Gasteiger partial charge in [0.2, 0.25) is 5.91 Å². The molecule has 2 aliphatic rings. The van der Waals surface area contributed by atoms with E-state index >= 15 is 0 Å². The first-order chi connectivity index (χ1) is 13.2. The SMILES string of the molecule is O=C1NC(c2cnn(Cc3ccccc3F)c2)N2CCc3ccccc3C12. The first kappa shape index (κ1) is 16.2. The number of fused-ring (bicyclic) bond motifs is 3. The Morgan fingerprint density at radius 2 is 1.96 bits per heavy atom. The van der Waals surface area contributed by atoms with E-state index in [0.29, 0.717) is 12.1 Å². The molecule has 3 aromatic rings. The quantitative estimate of drug-likeness (QED) is 0.780. The van der Waals surface area contributed by atoms with Crippen LogP contribution in [0, 0.1) is 5.82 Å². The fourth-order valence-electron chi connectivity index (χ4n) is 4.14. The molecule has 1 saturated heterocycles. The summed E-state index contributed by atoms with van der Waals surface area (Å²) in [6.07, 6.45) is 4.36. The molecule has 136 valence electrons. The van der Waals surface area contributed by atoms with Crippen LogP contribution in [-0.4, -0.2) is 27.1 Å². The lowest BCUT2D eigenvalue weighted by Gasteiger charge is -2.32. The van der Waals surface area contributed by atoms with Gasteiger partial charge in [-0.15, -0.1) is 0 Å². The molecule has 2 atom stereocenters. The molecule has 2 aliphatic heterocycles. The van der Waals surface area contributed by atoms with Gasteiger partial charge >= 0.3 is 0 Å². The van der Waals surface area contributed by atoms with Gasteiger partial charge in [-0.25, -0.2) is 4.39 Å². The molecule has 2 aromatic carbocycles. The molecular weight excluding hydrogens is 343 g/mol. The summed E-state index contributed by atoms with van der Waals surface area (Å²) >= 11 is 0. The van der Waals surface area contributed by atoms with Crippen LogP contribution in [0.15, 0.2) is 60.9 Å². The van der Waals surface area contributed by atoms with E-state index in [0.717, 1.165) is 24.1 Å². The monoisotopic (exact) mass is 362 g/mol. The van der Waals surface area contributed by atoms with Crippen LogP contribution in [0.1, 0.15) is 34.5 Å². The average Bonchev–Trinajstić information content (AvgIpc) is 3.28. The number of nitrogens with one attached hydrogen (secondary N) is 1. The first-order valence-electron chi connectivity index (χ1n) is 9.10. The van der Waals surface area contributed by atoms with Gasteiger partial charge in [-0.3, -0.25) is 14.4 Å². The molecule has 0 saturated carbocycles. The third kappa shape index (κ3) is 2.73. The van der Waals surface area contributed by atoms with E-state index in [9.17, 15) is 9.18 Å². The second-order valence-corrected chi connectivity index (χ2v) is 7.06. The maximum absolute atomic E-state index is 13.9. The van der Waals surface area contributed by atoms with E-state index in [2.05, 4.69) is 21.4 Å². The van der Waals surface area contributed by atoms with E-state index < -0.39 is 0 Å². The van der Waals surface area contributed by atoms with Crippen LogP contribution in [0.25, 0.3) is 0 Å². The third-order valence-electron chi connectivity index (χ3n) is 5.44. The zero-order chi connectivity index (χ0) is 18.4. The summed E-state index contributed by atoms with van der Waals surface area (Å²) in [6.45, 7) is 1.17. The summed E-state index contributed by atoms with van der Waals surface area (Å²) in [5.74, 6) is -0.217. The van der Waals surface area contributed by atoms with Crippen molar-refractivity contribution < 1.29 is 9.18 Å². The van der Waals surface area contributed by atoms with Crippen molar-refractivity contribution in [3.63, 3.8) is 0 Å². The number of rotatable bonds is 3. The molecule has 5 nitrogen and oxygen atoms in total. The van der Waals surface area contributed by atoms with Gasteiger partial charge in [0.05, 0.1) is 12.7 Å². The van der Waals surface area contributed by atoms with Crippen molar-refractivity contribution in [3.8, 4) is 0 Å². The van der Waals surface area contributed by atoms with Crippen molar-refractivity contribution in [2.45, 2.75) is 25.2 Å². The fourth-order valence-corrected chi connectivity index (χ4v) is 4.14. The highest BCUT2D eigenvalue weighted by Crippen LogP contribution is 2.39. The normalized spacial score (nSPS) is 21.6. The third-order valence-corrected chi connectivity index (χ3v) is 5.44. The Balaban J connectivity index is 1.41. The van der Waals surface area contributed by atoms with E-state index in [-0.39, 0.29) is 23.9 Å². The summed E-state index contributed by atoms with van der Waals surface area (Å²) in [6, 6.07) is 14.6. The number of carbonyl (C=O) groups is 1. The Morgan fingerprint density at radius 1 is 1.15 bits per heavy atom. The van der Waals surface area contributed by atoms with Crippen molar-refractivity contribution in [1.82, 2.24) is 20.0 Å². The Bertz CT molecular complexity index is 1010. The van der Waals surface area contributed by atoms with Crippen molar-refractivity contribution >= 4 is 5.91 Å². The van der Waals surface area contributed by atoms with Gasteiger partial charge in [0.25, 0.3) is 0 Å². The molecule has 3 heterocycles. The average molecular weight is 362 g/mol. The van der Waals surface area contributed by atoms with Gasteiger partial charge in [0.15, 0.2) is 0 Å². The number of benzene rings is 2. The van der Waals surface area contributed by atoms with Crippen molar-refractivity contribution in [1.29, 1.82) is 0 Å².